The molecule has 1 aromatic carbocycles. The number of piperidine rings is 1. The smallest absolute Gasteiger partial charge is 0.167 e. The van der Waals surface area contributed by atoms with Crippen molar-refractivity contribution in [1.82, 2.24) is 4.90 Å². The van der Waals surface area contributed by atoms with Crippen molar-refractivity contribution in [3.8, 4) is 0 Å². The fourth-order valence-corrected chi connectivity index (χ4v) is 4.00. The first-order chi connectivity index (χ1) is 10.7. The molecule has 0 aliphatic carbocycles. The second-order valence-electron chi connectivity index (χ2n) is 8.44. The van der Waals surface area contributed by atoms with Gasteiger partial charge in [0.05, 0.1) is 11.5 Å². The number of Topliss-reactive ketones (excluding diaryl/α,β-unsaturated/α-hetero) is 1. The Balaban J connectivity index is 2.00. The van der Waals surface area contributed by atoms with Crippen LogP contribution in [0, 0.1) is 5.92 Å². The molecular weight excluding hydrogens is 302 g/mol. The highest BCUT2D eigenvalue weighted by atomic mass is 28.2. The number of likely N-dealkylation sites (tertiary alicyclic amines) is 1. The van der Waals surface area contributed by atoms with Crippen LogP contribution in [-0.4, -0.2) is 39.1 Å². The molecule has 0 aromatic heterocycles. The third-order valence-electron chi connectivity index (χ3n) is 4.47. The molecule has 1 fully saturated rings. The van der Waals surface area contributed by atoms with Crippen LogP contribution < -0.4 is 0 Å². The van der Waals surface area contributed by atoms with E-state index in [-0.39, 0.29) is 16.6 Å². The lowest BCUT2D eigenvalue weighted by Gasteiger charge is -2.41. The van der Waals surface area contributed by atoms with E-state index < -0.39 is 9.76 Å². The van der Waals surface area contributed by atoms with Crippen LogP contribution in [0.4, 0.5) is 0 Å². The van der Waals surface area contributed by atoms with Crippen molar-refractivity contribution in [1.29, 1.82) is 0 Å². The summed E-state index contributed by atoms with van der Waals surface area (Å²) in [5, 5.41) is 0.249. The summed E-state index contributed by atoms with van der Waals surface area (Å²) in [5.41, 5.74) is 0.953. The van der Waals surface area contributed by atoms with E-state index in [9.17, 15) is 4.79 Å². The van der Waals surface area contributed by atoms with E-state index in [1.165, 1.54) is 5.56 Å². The third-order valence-corrected chi connectivity index (χ3v) is 6.22. The molecule has 1 heterocycles. The number of carbonyl (C=O) groups is 1. The normalized spacial score (nSPS) is 21.3. The van der Waals surface area contributed by atoms with E-state index in [0.29, 0.717) is 12.2 Å². The maximum Gasteiger partial charge on any atom is 0.167 e. The summed E-state index contributed by atoms with van der Waals surface area (Å²) in [6.07, 6.45) is 0.640. The van der Waals surface area contributed by atoms with Gasteiger partial charge in [-0.3, -0.25) is 9.69 Å². The van der Waals surface area contributed by atoms with Crippen LogP contribution in [0.3, 0.4) is 0 Å². The Hall–Kier alpha value is -0.973. The van der Waals surface area contributed by atoms with E-state index in [1.54, 1.807) is 0 Å². The van der Waals surface area contributed by atoms with E-state index >= 15 is 0 Å². The average Bonchev–Trinajstić information content (AvgIpc) is 2.48. The van der Waals surface area contributed by atoms with Crippen molar-refractivity contribution in [2.24, 2.45) is 5.92 Å². The van der Waals surface area contributed by atoms with Crippen LogP contribution in [0.1, 0.15) is 46.6 Å². The van der Waals surface area contributed by atoms with Crippen molar-refractivity contribution < 1.29 is 9.22 Å². The van der Waals surface area contributed by atoms with Gasteiger partial charge in [0.1, 0.15) is 5.78 Å². The second-order valence-corrected chi connectivity index (χ2v) is 11.1. The lowest BCUT2D eigenvalue weighted by molar-refractivity contribution is -0.134. The molecule has 0 saturated carbocycles. The molecule has 0 amide bonds. The highest BCUT2D eigenvalue weighted by Crippen LogP contribution is 2.31. The number of nitrogens with zero attached hydrogens (tertiary/aromatic N) is 1. The summed E-state index contributed by atoms with van der Waals surface area (Å²) in [5.74, 6) is 0.344. The number of carbonyl (C=O) groups excluding carboxylic acids is 1. The predicted octanol–water partition coefficient (Wildman–Crippen LogP) is 3.18. The quantitative estimate of drug-likeness (QED) is 0.775. The fraction of sp³-hybridized carbons (Fsp3) is 0.632. The lowest BCUT2D eigenvalue weighted by Crippen LogP contribution is -2.51. The maximum absolute atomic E-state index is 12.5. The van der Waals surface area contributed by atoms with Gasteiger partial charge in [-0.15, -0.1) is 0 Å². The summed E-state index contributed by atoms with van der Waals surface area (Å²) >= 11 is 0. The maximum atomic E-state index is 12.5. The van der Waals surface area contributed by atoms with Gasteiger partial charge in [0.15, 0.2) is 9.76 Å². The van der Waals surface area contributed by atoms with E-state index in [0.717, 1.165) is 19.6 Å². The van der Waals surface area contributed by atoms with Gasteiger partial charge >= 0.3 is 0 Å². The minimum atomic E-state index is -0.667. The van der Waals surface area contributed by atoms with Crippen molar-refractivity contribution in [2.75, 3.05) is 13.1 Å². The Bertz CT molecular complexity index is 522. The van der Waals surface area contributed by atoms with Crippen LogP contribution in [-0.2, 0) is 15.8 Å². The summed E-state index contributed by atoms with van der Waals surface area (Å²) < 4.78 is 6.29. The Morgan fingerprint density at radius 2 is 1.83 bits per heavy atom. The van der Waals surface area contributed by atoms with Crippen molar-refractivity contribution >= 4 is 15.5 Å². The SMILES string of the molecule is CC(C)(C)[SiH2]OC(C)(C)C1CN(Cc2ccccc2)CCC1=O. The standard InChI is InChI=1S/C19H31NO2Si/c1-18(2,3)23-22-19(4,5)16-14-20(12-11-17(16)21)13-15-9-7-6-8-10-15/h6-10,16H,11-14,23H2,1-5H3. The first kappa shape index (κ1) is 18.4. The first-order valence-electron chi connectivity index (χ1n) is 8.60. The molecule has 1 saturated heterocycles. The molecule has 0 N–H and O–H groups in total. The molecule has 3 nitrogen and oxygen atoms in total. The minimum Gasteiger partial charge on any atom is -0.418 e. The second kappa shape index (κ2) is 7.28. The summed E-state index contributed by atoms with van der Waals surface area (Å²) in [6, 6.07) is 10.5. The van der Waals surface area contributed by atoms with Crippen LogP contribution in [0.5, 0.6) is 0 Å². The Morgan fingerprint density at radius 3 is 2.43 bits per heavy atom. The first-order valence-corrected chi connectivity index (χ1v) is 9.89. The molecule has 23 heavy (non-hydrogen) atoms. The summed E-state index contributed by atoms with van der Waals surface area (Å²) in [6.45, 7) is 13.4. The van der Waals surface area contributed by atoms with E-state index in [4.69, 9.17) is 4.43 Å². The Kier molecular flexibility index (Phi) is 5.82. The van der Waals surface area contributed by atoms with Crippen molar-refractivity contribution in [3.63, 3.8) is 0 Å². The number of benzene rings is 1. The monoisotopic (exact) mass is 333 g/mol. The molecule has 2 rings (SSSR count). The lowest BCUT2D eigenvalue weighted by atomic mass is 9.83. The van der Waals surface area contributed by atoms with Gasteiger partial charge in [-0.05, 0) is 24.4 Å². The number of hydrogen-bond donors (Lipinski definition) is 0. The number of rotatable bonds is 5. The van der Waals surface area contributed by atoms with Crippen LogP contribution in [0.2, 0.25) is 5.04 Å². The average molecular weight is 334 g/mol. The molecule has 1 unspecified atom stereocenters. The van der Waals surface area contributed by atoms with Gasteiger partial charge in [0.25, 0.3) is 0 Å². The summed E-state index contributed by atoms with van der Waals surface area (Å²) in [7, 11) is -0.667. The number of hydrogen-bond acceptors (Lipinski definition) is 3. The molecule has 0 bridgehead atoms. The van der Waals surface area contributed by atoms with Gasteiger partial charge in [0.2, 0.25) is 0 Å². The third kappa shape index (κ3) is 5.55. The van der Waals surface area contributed by atoms with Crippen molar-refractivity contribution in [3.05, 3.63) is 35.9 Å². The fourth-order valence-electron chi connectivity index (χ4n) is 2.99. The Labute approximate surface area is 143 Å². The zero-order chi connectivity index (χ0) is 17.1. The van der Waals surface area contributed by atoms with Crippen LogP contribution in [0.15, 0.2) is 30.3 Å². The Morgan fingerprint density at radius 1 is 1.17 bits per heavy atom. The van der Waals surface area contributed by atoms with Gasteiger partial charge in [0, 0.05) is 26.1 Å². The van der Waals surface area contributed by atoms with E-state index in [1.807, 2.05) is 6.07 Å². The summed E-state index contributed by atoms with van der Waals surface area (Å²) in [4.78, 5) is 14.9. The van der Waals surface area contributed by atoms with Gasteiger partial charge in [-0.25, -0.2) is 0 Å². The predicted molar refractivity (Wildman–Crippen MR) is 98.3 cm³/mol. The molecule has 4 heteroatoms. The molecule has 128 valence electrons. The zero-order valence-electron chi connectivity index (χ0n) is 15.3. The topological polar surface area (TPSA) is 29.5 Å². The molecule has 1 aliphatic rings. The van der Waals surface area contributed by atoms with Gasteiger partial charge < -0.3 is 4.43 Å². The highest BCUT2D eigenvalue weighted by molar-refractivity contribution is 6.31. The highest BCUT2D eigenvalue weighted by Gasteiger charge is 2.39. The molecule has 0 spiro atoms. The van der Waals surface area contributed by atoms with Crippen LogP contribution >= 0.6 is 0 Å². The van der Waals surface area contributed by atoms with E-state index in [2.05, 4.69) is 63.8 Å². The molecule has 1 aliphatic heterocycles. The molecule has 1 aromatic rings. The molecule has 0 radical (unpaired) electrons. The van der Waals surface area contributed by atoms with Gasteiger partial charge in [-0.1, -0.05) is 51.1 Å². The largest absolute Gasteiger partial charge is 0.418 e. The number of ketones is 1. The van der Waals surface area contributed by atoms with Gasteiger partial charge in [-0.2, -0.15) is 0 Å². The molecular formula is C19H31NO2Si. The zero-order valence-corrected chi connectivity index (χ0v) is 16.7. The van der Waals surface area contributed by atoms with Crippen molar-refractivity contribution in [2.45, 2.75) is 58.2 Å². The molecule has 1 atom stereocenters. The minimum absolute atomic E-state index is 0.0187. The van der Waals surface area contributed by atoms with Crippen LogP contribution in [0.25, 0.3) is 0 Å².